The molecule has 1 aromatic rings. The average molecular weight is 431 g/mol. The number of benzene rings is 1. The number of esters is 1. The van der Waals surface area contributed by atoms with Gasteiger partial charge in [0.25, 0.3) is 0 Å². The normalized spacial score (nSPS) is 14.1. The van der Waals surface area contributed by atoms with E-state index >= 15 is 0 Å². The van der Waals surface area contributed by atoms with Gasteiger partial charge in [0.05, 0.1) is 0 Å². The molecule has 0 unspecified atom stereocenters. The van der Waals surface area contributed by atoms with Gasteiger partial charge in [-0.25, -0.2) is 4.99 Å². The lowest BCUT2D eigenvalue weighted by Crippen LogP contribution is -2.41. The van der Waals surface area contributed by atoms with Crippen molar-refractivity contribution >= 4 is 41.6 Å². The summed E-state index contributed by atoms with van der Waals surface area (Å²) in [7, 11) is 0. The van der Waals surface area contributed by atoms with Crippen LogP contribution in [0.3, 0.4) is 0 Å². The number of guanidine groups is 1. The highest BCUT2D eigenvalue weighted by Crippen LogP contribution is 2.27. The second kappa shape index (κ2) is 8.52. The van der Waals surface area contributed by atoms with Gasteiger partial charge in [-0.2, -0.15) is 0 Å². The number of aliphatic imine (C=N–C) groups is 1. The smallest absolute Gasteiger partial charge is 0.328 e. The Morgan fingerprint density at radius 3 is 2.70 bits per heavy atom. The predicted octanol–water partition coefficient (Wildman–Crippen LogP) is 2.97. The minimum absolute atomic E-state index is 0. The third-order valence-corrected chi connectivity index (χ3v) is 3.26. The molecule has 5 nitrogen and oxygen atoms in total. The van der Waals surface area contributed by atoms with Crippen LogP contribution < -0.4 is 10.2 Å². The number of para-hydroxylation sites is 1. The minimum Gasteiger partial charge on any atom is -0.459 e. The lowest BCUT2D eigenvalue weighted by molar-refractivity contribution is -0.152. The van der Waals surface area contributed by atoms with Crippen LogP contribution >= 0.6 is 24.0 Å². The molecule has 6 heteroatoms. The van der Waals surface area contributed by atoms with Crippen molar-refractivity contribution in [3.63, 3.8) is 0 Å². The van der Waals surface area contributed by atoms with Crippen LogP contribution in [0.4, 0.5) is 5.69 Å². The Kier molecular flexibility index (Phi) is 7.31. The monoisotopic (exact) mass is 431 g/mol. The summed E-state index contributed by atoms with van der Waals surface area (Å²) in [6.45, 7) is 9.25. The molecule has 2 rings (SSSR count). The van der Waals surface area contributed by atoms with Crippen molar-refractivity contribution in [3.05, 3.63) is 29.8 Å². The molecule has 128 valence electrons. The lowest BCUT2D eigenvalue weighted by atomic mass is 10.2. The van der Waals surface area contributed by atoms with Gasteiger partial charge >= 0.3 is 5.97 Å². The SMILES string of the molecule is CCNC(=NCC(=O)OC(C)(C)C)N1CCc2ccccc21.I. The van der Waals surface area contributed by atoms with E-state index in [9.17, 15) is 4.79 Å². The molecule has 0 saturated carbocycles. The standard InChI is InChI=1S/C17H25N3O2.HI/c1-5-18-16(19-12-15(21)22-17(2,3)4)20-11-10-13-8-6-7-9-14(13)20;/h6-9H,5,10-12H2,1-4H3,(H,18,19);1H. The van der Waals surface area contributed by atoms with Crippen molar-refractivity contribution in [2.45, 2.75) is 39.7 Å². The third kappa shape index (κ3) is 5.67. The molecule has 0 saturated heterocycles. The molecule has 1 aromatic carbocycles. The van der Waals surface area contributed by atoms with Crippen molar-refractivity contribution in [1.82, 2.24) is 5.32 Å². The first-order valence-corrected chi connectivity index (χ1v) is 7.76. The van der Waals surface area contributed by atoms with Crippen molar-refractivity contribution < 1.29 is 9.53 Å². The average Bonchev–Trinajstić information content (AvgIpc) is 2.85. The first-order valence-electron chi connectivity index (χ1n) is 7.76. The van der Waals surface area contributed by atoms with E-state index in [1.807, 2.05) is 39.8 Å². The van der Waals surface area contributed by atoms with E-state index in [4.69, 9.17) is 4.74 Å². The number of halogens is 1. The highest BCUT2D eigenvalue weighted by Gasteiger charge is 2.23. The van der Waals surface area contributed by atoms with Crippen LogP contribution in [-0.4, -0.2) is 37.2 Å². The van der Waals surface area contributed by atoms with Gasteiger partial charge in [0, 0.05) is 18.8 Å². The number of ether oxygens (including phenoxy) is 1. The summed E-state index contributed by atoms with van der Waals surface area (Å²) in [5.41, 5.74) is 1.99. The number of nitrogens with one attached hydrogen (secondary N) is 1. The Hall–Kier alpha value is -1.31. The first kappa shape index (κ1) is 19.7. The van der Waals surface area contributed by atoms with Gasteiger partial charge in [0.15, 0.2) is 5.96 Å². The maximum absolute atomic E-state index is 11.9. The summed E-state index contributed by atoms with van der Waals surface area (Å²) < 4.78 is 5.31. The molecule has 0 bridgehead atoms. The van der Waals surface area contributed by atoms with Crippen LogP contribution in [0, 0.1) is 0 Å². The molecule has 0 aliphatic carbocycles. The Balaban J connectivity index is 0.00000264. The van der Waals surface area contributed by atoms with Gasteiger partial charge in [-0.1, -0.05) is 18.2 Å². The number of hydrogen-bond acceptors (Lipinski definition) is 3. The number of carbonyl (C=O) groups excluding carboxylic acids is 1. The molecule has 0 spiro atoms. The Bertz CT molecular complexity index is 567. The van der Waals surface area contributed by atoms with Gasteiger partial charge < -0.3 is 15.0 Å². The number of fused-ring (bicyclic) bond motifs is 1. The first-order chi connectivity index (χ1) is 10.4. The summed E-state index contributed by atoms with van der Waals surface area (Å²) in [6.07, 6.45) is 0.993. The number of hydrogen-bond donors (Lipinski definition) is 1. The van der Waals surface area contributed by atoms with Gasteiger partial charge in [-0.05, 0) is 45.7 Å². The van der Waals surface area contributed by atoms with Gasteiger partial charge in [-0.15, -0.1) is 24.0 Å². The zero-order valence-corrected chi connectivity index (χ0v) is 16.6. The maximum Gasteiger partial charge on any atom is 0.328 e. The zero-order valence-electron chi connectivity index (χ0n) is 14.3. The fourth-order valence-corrected chi connectivity index (χ4v) is 2.47. The summed E-state index contributed by atoms with van der Waals surface area (Å²) in [6, 6.07) is 8.29. The van der Waals surface area contributed by atoms with Crippen LogP contribution in [-0.2, 0) is 16.0 Å². The number of nitrogens with zero attached hydrogens (tertiary/aromatic N) is 2. The van der Waals surface area contributed by atoms with E-state index in [1.165, 1.54) is 5.56 Å². The third-order valence-electron chi connectivity index (χ3n) is 3.26. The number of rotatable bonds is 3. The van der Waals surface area contributed by atoms with Crippen molar-refractivity contribution in [2.75, 3.05) is 24.5 Å². The molecule has 1 heterocycles. The van der Waals surface area contributed by atoms with Crippen molar-refractivity contribution in [1.29, 1.82) is 0 Å². The molecular weight excluding hydrogens is 405 g/mol. The van der Waals surface area contributed by atoms with Crippen molar-refractivity contribution in [3.8, 4) is 0 Å². The fourth-order valence-electron chi connectivity index (χ4n) is 2.47. The van der Waals surface area contributed by atoms with Crippen LogP contribution in [0.5, 0.6) is 0 Å². The van der Waals surface area contributed by atoms with Gasteiger partial charge in [0.1, 0.15) is 12.1 Å². The van der Waals surface area contributed by atoms with Crippen LogP contribution in [0.2, 0.25) is 0 Å². The summed E-state index contributed by atoms with van der Waals surface area (Å²) in [5, 5.41) is 3.25. The van der Waals surface area contributed by atoms with E-state index in [2.05, 4.69) is 27.3 Å². The topological polar surface area (TPSA) is 53.9 Å². The largest absolute Gasteiger partial charge is 0.459 e. The highest BCUT2D eigenvalue weighted by molar-refractivity contribution is 14.0. The van der Waals surface area contributed by atoms with Crippen LogP contribution in [0.25, 0.3) is 0 Å². The molecule has 23 heavy (non-hydrogen) atoms. The van der Waals surface area contributed by atoms with E-state index in [0.29, 0.717) is 0 Å². The van der Waals surface area contributed by atoms with E-state index in [-0.39, 0.29) is 36.5 Å². The zero-order chi connectivity index (χ0) is 16.2. The molecule has 0 amide bonds. The lowest BCUT2D eigenvalue weighted by Gasteiger charge is -2.23. The molecule has 0 atom stereocenters. The minimum atomic E-state index is -0.481. The molecule has 1 N–H and O–H groups in total. The molecule has 0 radical (unpaired) electrons. The van der Waals surface area contributed by atoms with E-state index in [0.717, 1.165) is 31.2 Å². The van der Waals surface area contributed by atoms with Crippen molar-refractivity contribution in [2.24, 2.45) is 4.99 Å². The highest BCUT2D eigenvalue weighted by atomic mass is 127. The van der Waals surface area contributed by atoms with Crippen LogP contribution in [0.15, 0.2) is 29.3 Å². The Morgan fingerprint density at radius 1 is 1.35 bits per heavy atom. The van der Waals surface area contributed by atoms with Crippen LogP contribution in [0.1, 0.15) is 33.3 Å². The second-order valence-corrected chi connectivity index (χ2v) is 6.29. The quantitative estimate of drug-likeness (QED) is 0.346. The second-order valence-electron chi connectivity index (χ2n) is 6.29. The summed E-state index contributed by atoms with van der Waals surface area (Å²) >= 11 is 0. The Morgan fingerprint density at radius 2 is 2.04 bits per heavy atom. The molecule has 1 aliphatic heterocycles. The van der Waals surface area contributed by atoms with Gasteiger partial charge in [0.2, 0.25) is 0 Å². The molecule has 0 aromatic heterocycles. The van der Waals surface area contributed by atoms with E-state index < -0.39 is 5.60 Å². The summed E-state index contributed by atoms with van der Waals surface area (Å²) in [5.74, 6) is 0.425. The number of carbonyl (C=O) groups is 1. The number of anilines is 1. The maximum atomic E-state index is 11.9. The molecular formula is C17H26IN3O2. The predicted molar refractivity (Wildman–Crippen MR) is 105 cm³/mol. The van der Waals surface area contributed by atoms with E-state index in [1.54, 1.807) is 0 Å². The molecule has 0 fully saturated rings. The van der Waals surface area contributed by atoms with Gasteiger partial charge in [-0.3, -0.25) is 4.79 Å². The summed E-state index contributed by atoms with van der Waals surface area (Å²) in [4.78, 5) is 18.4. The Labute approximate surface area is 155 Å². The molecule has 1 aliphatic rings. The fraction of sp³-hybridized carbons (Fsp3) is 0.529.